The Bertz CT molecular complexity index is 754. The average Bonchev–Trinajstić information content (AvgIpc) is 2.63. The van der Waals surface area contributed by atoms with Crippen LogP contribution in [0.1, 0.15) is 49.5 Å². The van der Waals surface area contributed by atoms with Gasteiger partial charge in [0.15, 0.2) is 5.82 Å². The Balaban J connectivity index is 1.65. The molecule has 0 spiro atoms. The van der Waals surface area contributed by atoms with Crippen molar-refractivity contribution in [2.45, 2.75) is 45.1 Å². The summed E-state index contributed by atoms with van der Waals surface area (Å²) in [6, 6.07) is 7.93. The summed E-state index contributed by atoms with van der Waals surface area (Å²) < 4.78 is 18.6. The van der Waals surface area contributed by atoms with Crippen molar-refractivity contribution >= 4 is 5.91 Å². The number of benzene rings is 1. The van der Waals surface area contributed by atoms with Gasteiger partial charge in [-0.1, -0.05) is 32.9 Å². The summed E-state index contributed by atoms with van der Waals surface area (Å²) in [5.41, 5.74) is 1.93. The molecule has 2 heterocycles. The van der Waals surface area contributed by atoms with E-state index in [1.54, 1.807) is 4.90 Å². The summed E-state index contributed by atoms with van der Waals surface area (Å²) in [4.78, 5) is 22.2. The van der Waals surface area contributed by atoms with E-state index in [1.807, 2.05) is 24.3 Å². The third-order valence-electron chi connectivity index (χ3n) is 4.53. The van der Waals surface area contributed by atoms with E-state index >= 15 is 0 Å². The summed E-state index contributed by atoms with van der Waals surface area (Å²) in [7, 11) is 0. The van der Waals surface area contributed by atoms with Crippen LogP contribution in [0.3, 0.4) is 0 Å². The standard InChI is InChI=1S/C20H24FN3O2/c1-20(2,3)15-8-6-14(7-9-15)18(25)24-10-4-5-17(13-24)26-19-22-11-16(21)12-23-19/h6-9,11-12,17H,4-5,10,13H2,1-3H3. The van der Waals surface area contributed by atoms with Crippen LogP contribution in [0.15, 0.2) is 36.7 Å². The molecule has 1 aliphatic heterocycles. The molecular formula is C20H24FN3O2. The zero-order valence-corrected chi connectivity index (χ0v) is 15.4. The largest absolute Gasteiger partial charge is 0.458 e. The molecule has 138 valence electrons. The zero-order valence-electron chi connectivity index (χ0n) is 15.4. The maximum absolute atomic E-state index is 12.9. The Morgan fingerprint density at radius 2 is 1.85 bits per heavy atom. The van der Waals surface area contributed by atoms with Crippen molar-refractivity contribution in [3.8, 4) is 6.01 Å². The molecule has 1 amide bonds. The van der Waals surface area contributed by atoms with Crippen molar-refractivity contribution in [2.75, 3.05) is 13.1 Å². The summed E-state index contributed by atoms with van der Waals surface area (Å²) in [5, 5.41) is 0. The smallest absolute Gasteiger partial charge is 0.316 e. The molecule has 1 atom stereocenters. The molecule has 26 heavy (non-hydrogen) atoms. The van der Waals surface area contributed by atoms with Crippen LogP contribution >= 0.6 is 0 Å². The van der Waals surface area contributed by atoms with Crippen molar-refractivity contribution in [2.24, 2.45) is 0 Å². The molecule has 2 aromatic rings. The van der Waals surface area contributed by atoms with E-state index < -0.39 is 5.82 Å². The second kappa shape index (κ2) is 7.40. The van der Waals surface area contributed by atoms with E-state index in [2.05, 4.69) is 30.7 Å². The van der Waals surface area contributed by atoms with Gasteiger partial charge in [0.1, 0.15) is 6.10 Å². The molecule has 1 unspecified atom stereocenters. The summed E-state index contributed by atoms with van der Waals surface area (Å²) in [5.74, 6) is -0.504. The number of hydrogen-bond donors (Lipinski definition) is 0. The monoisotopic (exact) mass is 357 g/mol. The summed E-state index contributed by atoms with van der Waals surface area (Å²) in [6.07, 6.45) is 3.62. The molecule has 0 saturated carbocycles. The van der Waals surface area contributed by atoms with E-state index in [1.165, 1.54) is 5.56 Å². The maximum atomic E-state index is 12.9. The van der Waals surface area contributed by atoms with Crippen molar-refractivity contribution in [3.05, 3.63) is 53.6 Å². The van der Waals surface area contributed by atoms with Gasteiger partial charge in [-0.3, -0.25) is 4.79 Å². The Morgan fingerprint density at radius 1 is 1.19 bits per heavy atom. The number of amides is 1. The predicted molar refractivity (Wildman–Crippen MR) is 96.7 cm³/mol. The second-order valence-corrected chi connectivity index (χ2v) is 7.64. The third kappa shape index (κ3) is 4.36. The molecule has 0 bridgehead atoms. The van der Waals surface area contributed by atoms with Gasteiger partial charge in [0.2, 0.25) is 0 Å². The number of halogens is 1. The minimum absolute atomic E-state index is 0.00113. The number of rotatable bonds is 3. The number of nitrogens with zero attached hydrogens (tertiary/aromatic N) is 3. The molecule has 5 nitrogen and oxygen atoms in total. The van der Waals surface area contributed by atoms with E-state index in [0.717, 1.165) is 25.2 Å². The zero-order chi connectivity index (χ0) is 18.7. The fourth-order valence-corrected chi connectivity index (χ4v) is 3.02. The van der Waals surface area contributed by atoms with Gasteiger partial charge in [-0.2, -0.15) is 0 Å². The fourth-order valence-electron chi connectivity index (χ4n) is 3.02. The summed E-state index contributed by atoms with van der Waals surface area (Å²) >= 11 is 0. The lowest BCUT2D eigenvalue weighted by Crippen LogP contribution is -2.44. The highest BCUT2D eigenvalue weighted by Gasteiger charge is 2.26. The van der Waals surface area contributed by atoms with E-state index in [0.29, 0.717) is 18.7 Å². The van der Waals surface area contributed by atoms with E-state index in [9.17, 15) is 9.18 Å². The van der Waals surface area contributed by atoms with Gasteiger partial charge in [0.25, 0.3) is 5.91 Å². The lowest BCUT2D eigenvalue weighted by atomic mass is 9.86. The first-order valence-corrected chi connectivity index (χ1v) is 8.87. The van der Waals surface area contributed by atoms with Crippen LogP contribution in [-0.4, -0.2) is 40.0 Å². The van der Waals surface area contributed by atoms with E-state index in [-0.39, 0.29) is 23.4 Å². The van der Waals surface area contributed by atoms with Crippen LogP contribution in [-0.2, 0) is 5.41 Å². The van der Waals surface area contributed by atoms with Gasteiger partial charge in [0.05, 0.1) is 18.9 Å². The van der Waals surface area contributed by atoms with Crippen LogP contribution in [0.25, 0.3) is 0 Å². The minimum atomic E-state index is -0.503. The predicted octanol–water partition coefficient (Wildman–Crippen LogP) is 3.60. The normalized spacial score (nSPS) is 17.8. The number of ether oxygens (including phenoxy) is 1. The molecule has 0 radical (unpaired) electrons. The summed E-state index contributed by atoms with van der Waals surface area (Å²) in [6.45, 7) is 7.61. The van der Waals surface area contributed by atoms with Crippen LogP contribution < -0.4 is 4.74 Å². The highest BCUT2D eigenvalue weighted by atomic mass is 19.1. The fraction of sp³-hybridized carbons (Fsp3) is 0.450. The average molecular weight is 357 g/mol. The van der Waals surface area contributed by atoms with Gasteiger partial charge < -0.3 is 9.64 Å². The molecule has 1 aliphatic rings. The molecule has 0 aliphatic carbocycles. The van der Waals surface area contributed by atoms with Gasteiger partial charge in [-0.25, -0.2) is 14.4 Å². The molecule has 1 saturated heterocycles. The molecule has 1 aromatic heterocycles. The highest BCUT2D eigenvalue weighted by Crippen LogP contribution is 2.23. The second-order valence-electron chi connectivity index (χ2n) is 7.64. The van der Waals surface area contributed by atoms with Gasteiger partial charge in [-0.15, -0.1) is 0 Å². The van der Waals surface area contributed by atoms with Crippen LogP contribution in [0, 0.1) is 5.82 Å². The molecule has 1 aromatic carbocycles. The number of likely N-dealkylation sites (tertiary alicyclic amines) is 1. The van der Waals surface area contributed by atoms with Gasteiger partial charge in [-0.05, 0) is 36.0 Å². The molecular weight excluding hydrogens is 333 g/mol. The number of hydrogen-bond acceptors (Lipinski definition) is 4. The van der Waals surface area contributed by atoms with Crippen LogP contribution in [0.4, 0.5) is 4.39 Å². The molecule has 3 rings (SSSR count). The lowest BCUT2D eigenvalue weighted by Gasteiger charge is -2.32. The third-order valence-corrected chi connectivity index (χ3v) is 4.53. The van der Waals surface area contributed by atoms with Crippen LogP contribution in [0.2, 0.25) is 0 Å². The first kappa shape index (κ1) is 18.3. The van der Waals surface area contributed by atoms with Crippen LogP contribution in [0.5, 0.6) is 6.01 Å². The quantitative estimate of drug-likeness (QED) is 0.842. The van der Waals surface area contributed by atoms with Crippen molar-refractivity contribution in [1.29, 1.82) is 0 Å². The highest BCUT2D eigenvalue weighted by molar-refractivity contribution is 5.94. The number of carbonyl (C=O) groups excluding carboxylic acids is 1. The molecule has 6 heteroatoms. The lowest BCUT2D eigenvalue weighted by molar-refractivity contribution is 0.0515. The SMILES string of the molecule is CC(C)(C)c1ccc(C(=O)N2CCCC(Oc3ncc(F)cn3)C2)cc1. The van der Waals surface area contributed by atoms with E-state index in [4.69, 9.17) is 4.74 Å². The molecule has 1 fully saturated rings. The first-order valence-electron chi connectivity index (χ1n) is 8.87. The maximum Gasteiger partial charge on any atom is 0.316 e. The number of piperidine rings is 1. The Morgan fingerprint density at radius 3 is 2.46 bits per heavy atom. The van der Waals surface area contributed by atoms with Crippen molar-refractivity contribution in [1.82, 2.24) is 14.9 Å². The number of aromatic nitrogens is 2. The Labute approximate surface area is 153 Å². The van der Waals surface area contributed by atoms with Gasteiger partial charge in [0, 0.05) is 12.1 Å². The first-order chi connectivity index (χ1) is 12.3. The Hall–Kier alpha value is -2.50. The minimum Gasteiger partial charge on any atom is -0.458 e. The van der Waals surface area contributed by atoms with Gasteiger partial charge >= 0.3 is 6.01 Å². The van der Waals surface area contributed by atoms with Crippen molar-refractivity contribution < 1.29 is 13.9 Å². The van der Waals surface area contributed by atoms with Crippen molar-refractivity contribution in [3.63, 3.8) is 0 Å². The Kier molecular flexibility index (Phi) is 5.20. The molecule has 0 N–H and O–H groups in total. The number of carbonyl (C=O) groups is 1. The topological polar surface area (TPSA) is 55.3 Å².